The van der Waals surface area contributed by atoms with Crippen LogP contribution in [0.1, 0.15) is 29.2 Å². The first kappa shape index (κ1) is 20.6. The van der Waals surface area contributed by atoms with E-state index in [0.717, 1.165) is 0 Å². The van der Waals surface area contributed by atoms with Crippen molar-refractivity contribution in [2.45, 2.75) is 31.8 Å². The van der Waals surface area contributed by atoms with Gasteiger partial charge in [0.1, 0.15) is 17.6 Å². The average molecular weight is 417 g/mol. The standard InChI is InChI=1S/C18H19N5O7/c19-13-7-10-15(22-13)20-8-23(17(10)27)6-5-9-1-3-12(30-9)16(26)21-11(18(28)29)2-4-14(24)25/h1,3,7-8,11,27H,2,4-6,19H2,(H,21,26)(H,24,25)(H,28,29)/t11-/m0/s1. The second-order valence-electron chi connectivity index (χ2n) is 6.49. The molecular formula is C18H19N5O7. The van der Waals surface area contributed by atoms with Gasteiger partial charge in [-0.15, -0.1) is 0 Å². The fourth-order valence-electron chi connectivity index (χ4n) is 2.81. The number of hydrogen-bond donors (Lipinski definition) is 5. The minimum absolute atomic E-state index is 0.0588. The van der Waals surface area contributed by atoms with E-state index < -0.39 is 30.3 Å². The van der Waals surface area contributed by atoms with E-state index in [1.807, 2.05) is 0 Å². The van der Waals surface area contributed by atoms with Gasteiger partial charge >= 0.3 is 11.9 Å². The van der Waals surface area contributed by atoms with Gasteiger partial charge in [-0.2, -0.15) is 0 Å². The number of nitrogens with one attached hydrogen (secondary N) is 1. The molecule has 6 N–H and O–H groups in total. The van der Waals surface area contributed by atoms with Gasteiger partial charge in [-0.1, -0.05) is 0 Å². The van der Waals surface area contributed by atoms with E-state index >= 15 is 0 Å². The second kappa shape index (κ2) is 8.51. The third-order valence-corrected chi connectivity index (χ3v) is 4.34. The highest BCUT2D eigenvalue weighted by molar-refractivity contribution is 5.94. The number of carbonyl (C=O) groups excluding carboxylic acids is 1. The normalized spacial score (nSPS) is 12.0. The summed E-state index contributed by atoms with van der Waals surface area (Å²) in [7, 11) is 0. The van der Waals surface area contributed by atoms with Crippen molar-refractivity contribution in [3.63, 3.8) is 0 Å². The first-order valence-corrected chi connectivity index (χ1v) is 8.89. The number of hydrogen-bond acceptors (Lipinski definition) is 8. The SMILES string of the molecule is Nc1cc2c(O)n(CCc3ccc(C(=O)N[C@@H](CCC(=O)O)C(=O)O)o3)cnc-2n1. The molecule has 0 bridgehead atoms. The van der Waals surface area contributed by atoms with Crippen molar-refractivity contribution in [2.75, 3.05) is 5.73 Å². The molecule has 2 aliphatic heterocycles. The molecule has 0 saturated carbocycles. The van der Waals surface area contributed by atoms with Gasteiger partial charge in [0.2, 0.25) is 5.88 Å². The van der Waals surface area contributed by atoms with Crippen molar-refractivity contribution in [2.24, 2.45) is 0 Å². The Morgan fingerprint density at radius 3 is 2.73 bits per heavy atom. The van der Waals surface area contributed by atoms with Crippen LogP contribution in [0.5, 0.6) is 5.88 Å². The molecular weight excluding hydrogens is 398 g/mol. The molecule has 2 aliphatic rings. The average Bonchev–Trinajstić information content (AvgIpc) is 3.30. The molecule has 158 valence electrons. The van der Waals surface area contributed by atoms with E-state index in [2.05, 4.69) is 15.3 Å². The topological polar surface area (TPSA) is 194 Å². The quantitative estimate of drug-likeness (QED) is 0.328. The third-order valence-electron chi connectivity index (χ3n) is 4.34. The fourth-order valence-corrected chi connectivity index (χ4v) is 2.81. The zero-order valence-electron chi connectivity index (χ0n) is 15.6. The maximum atomic E-state index is 12.2. The van der Waals surface area contributed by atoms with Crippen molar-refractivity contribution in [3.05, 3.63) is 36.0 Å². The number of carboxylic acid groups (broad SMARTS) is 2. The Bertz CT molecular complexity index is 1060. The molecule has 30 heavy (non-hydrogen) atoms. The van der Waals surface area contributed by atoms with Crippen molar-refractivity contribution in [1.82, 2.24) is 19.9 Å². The maximum absolute atomic E-state index is 12.2. The van der Waals surface area contributed by atoms with Crippen molar-refractivity contribution in [1.29, 1.82) is 0 Å². The number of aromatic nitrogens is 3. The van der Waals surface area contributed by atoms with Crippen LogP contribution in [0.15, 0.2) is 28.9 Å². The number of furan rings is 1. The lowest BCUT2D eigenvalue weighted by Gasteiger charge is -2.12. The number of nitrogen functional groups attached to an aromatic ring is 1. The number of nitrogens with two attached hydrogens (primary N) is 1. The summed E-state index contributed by atoms with van der Waals surface area (Å²) in [4.78, 5) is 42.1. The van der Waals surface area contributed by atoms with Gasteiger partial charge in [-0.3, -0.25) is 9.59 Å². The van der Waals surface area contributed by atoms with Crippen molar-refractivity contribution < 1.29 is 34.1 Å². The number of carboxylic acids is 2. The monoisotopic (exact) mass is 417 g/mol. The van der Waals surface area contributed by atoms with E-state index in [4.69, 9.17) is 20.4 Å². The molecule has 0 aliphatic carbocycles. The smallest absolute Gasteiger partial charge is 0.326 e. The molecule has 0 saturated heterocycles. The molecule has 1 amide bonds. The number of nitrogens with zero attached hydrogens (tertiary/aromatic N) is 3. The third kappa shape index (κ3) is 4.66. The first-order valence-electron chi connectivity index (χ1n) is 8.89. The zero-order valence-corrected chi connectivity index (χ0v) is 15.6. The first-order chi connectivity index (χ1) is 14.2. The predicted octanol–water partition coefficient (Wildman–Crippen LogP) is 0.554. The van der Waals surface area contributed by atoms with Gasteiger partial charge in [0.05, 0.1) is 11.9 Å². The lowest BCUT2D eigenvalue weighted by Crippen LogP contribution is -2.41. The van der Waals surface area contributed by atoms with Crippen molar-refractivity contribution >= 4 is 23.7 Å². The molecule has 1 aromatic rings. The molecule has 0 spiro atoms. The molecule has 0 aromatic carbocycles. The molecule has 1 aromatic heterocycles. The van der Waals surface area contributed by atoms with E-state index in [-0.39, 0.29) is 30.4 Å². The maximum Gasteiger partial charge on any atom is 0.326 e. The van der Waals surface area contributed by atoms with Gasteiger partial charge < -0.3 is 35.4 Å². The Morgan fingerprint density at radius 2 is 2.03 bits per heavy atom. The molecule has 0 radical (unpaired) electrons. The summed E-state index contributed by atoms with van der Waals surface area (Å²) in [6.45, 7) is 0.283. The van der Waals surface area contributed by atoms with Gasteiger partial charge in [-0.25, -0.2) is 14.8 Å². The summed E-state index contributed by atoms with van der Waals surface area (Å²) in [5, 5.41) is 30.3. The number of aryl methyl sites for hydroxylation is 2. The van der Waals surface area contributed by atoms with Crippen LogP contribution in [-0.4, -0.2) is 53.7 Å². The number of fused-ring (bicyclic) bond motifs is 1. The van der Waals surface area contributed by atoms with Gasteiger partial charge in [0.15, 0.2) is 11.6 Å². The number of anilines is 1. The summed E-state index contributed by atoms with van der Waals surface area (Å²) in [6.07, 6.45) is 1.06. The Balaban J connectivity index is 1.63. The van der Waals surface area contributed by atoms with Crippen LogP contribution in [0.4, 0.5) is 5.82 Å². The molecule has 3 rings (SSSR count). The van der Waals surface area contributed by atoms with Gasteiger partial charge in [0.25, 0.3) is 5.91 Å². The van der Waals surface area contributed by atoms with E-state index in [1.165, 1.54) is 23.0 Å². The van der Waals surface area contributed by atoms with Crippen LogP contribution >= 0.6 is 0 Å². The highest BCUT2D eigenvalue weighted by Gasteiger charge is 2.23. The van der Waals surface area contributed by atoms with Crippen molar-refractivity contribution in [3.8, 4) is 17.3 Å². The Kier molecular flexibility index (Phi) is 5.85. The predicted molar refractivity (Wildman–Crippen MR) is 101 cm³/mol. The highest BCUT2D eigenvalue weighted by atomic mass is 16.4. The lowest BCUT2D eigenvalue weighted by molar-refractivity contribution is -0.140. The lowest BCUT2D eigenvalue weighted by atomic mass is 10.1. The molecule has 3 heterocycles. The molecule has 12 heteroatoms. The van der Waals surface area contributed by atoms with Gasteiger partial charge in [0, 0.05) is 19.4 Å². The summed E-state index contributed by atoms with van der Waals surface area (Å²) in [5.41, 5.74) is 6.01. The Labute approximate surface area is 169 Å². The zero-order chi connectivity index (χ0) is 21.8. The number of rotatable bonds is 9. The summed E-state index contributed by atoms with van der Waals surface area (Å²) < 4.78 is 6.91. The summed E-state index contributed by atoms with van der Waals surface area (Å²) in [6, 6.07) is 3.09. The summed E-state index contributed by atoms with van der Waals surface area (Å²) >= 11 is 0. The second-order valence-corrected chi connectivity index (χ2v) is 6.49. The van der Waals surface area contributed by atoms with E-state index in [9.17, 15) is 19.5 Å². The number of amides is 1. The van der Waals surface area contributed by atoms with E-state index in [0.29, 0.717) is 23.6 Å². The van der Waals surface area contributed by atoms with Crippen LogP contribution in [0.25, 0.3) is 11.4 Å². The molecule has 0 fully saturated rings. The van der Waals surface area contributed by atoms with Crippen LogP contribution in [0, 0.1) is 0 Å². The van der Waals surface area contributed by atoms with Crippen LogP contribution in [0.3, 0.4) is 0 Å². The summed E-state index contributed by atoms with van der Waals surface area (Å²) in [5.74, 6) is -2.44. The highest BCUT2D eigenvalue weighted by Crippen LogP contribution is 2.30. The van der Waals surface area contributed by atoms with Crippen LogP contribution in [-0.2, 0) is 22.6 Å². The van der Waals surface area contributed by atoms with Gasteiger partial charge in [-0.05, 0) is 24.6 Å². The van der Waals surface area contributed by atoms with Crippen LogP contribution < -0.4 is 11.1 Å². The number of carbonyl (C=O) groups is 3. The Hall–Kier alpha value is -4.09. The minimum Gasteiger partial charge on any atom is -0.494 e. The molecule has 12 nitrogen and oxygen atoms in total. The number of aliphatic carboxylic acids is 2. The molecule has 0 unspecified atom stereocenters. The van der Waals surface area contributed by atoms with E-state index in [1.54, 1.807) is 6.07 Å². The number of aromatic hydroxyl groups is 1. The Morgan fingerprint density at radius 1 is 1.27 bits per heavy atom. The fraction of sp³-hybridized carbons (Fsp3) is 0.278. The molecule has 1 atom stereocenters. The minimum atomic E-state index is -1.35. The largest absolute Gasteiger partial charge is 0.494 e. The van der Waals surface area contributed by atoms with Crippen LogP contribution in [0.2, 0.25) is 0 Å².